The number of alkyl halides is 3. The van der Waals surface area contributed by atoms with Crippen molar-refractivity contribution in [1.82, 2.24) is 10.4 Å². The molecule has 108 valence electrons. The number of halogens is 3. The molecule has 20 heavy (non-hydrogen) atoms. The highest BCUT2D eigenvalue weighted by Crippen LogP contribution is 2.34. The second-order valence-corrected chi connectivity index (χ2v) is 5.54. The molecule has 0 amide bonds. The van der Waals surface area contributed by atoms with Gasteiger partial charge in [0.1, 0.15) is 0 Å². The molecule has 0 aliphatic rings. The van der Waals surface area contributed by atoms with Gasteiger partial charge >= 0.3 is 6.18 Å². The van der Waals surface area contributed by atoms with Gasteiger partial charge in [-0.25, -0.2) is 4.98 Å². The summed E-state index contributed by atoms with van der Waals surface area (Å²) in [6.07, 6.45) is -2.67. The van der Waals surface area contributed by atoms with Crippen LogP contribution in [-0.2, 0) is 12.6 Å². The van der Waals surface area contributed by atoms with Gasteiger partial charge < -0.3 is 0 Å². The summed E-state index contributed by atoms with van der Waals surface area (Å²) in [4.78, 5) is 3.88. The van der Waals surface area contributed by atoms with Crippen molar-refractivity contribution in [3.05, 3.63) is 51.5 Å². The lowest BCUT2D eigenvalue weighted by Crippen LogP contribution is -2.28. The molecule has 3 nitrogen and oxygen atoms in total. The molecule has 0 spiro atoms. The van der Waals surface area contributed by atoms with Crippen LogP contribution in [0.25, 0.3) is 0 Å². The molecule has 1 heterocycles. The molecule has 0 fully saturated rings. The number of aromatic nitrogens is 1. The normalized spacial score (nSPS) is 13.4. The van der Waals surface area contributed by atoms with E-state index in [0.717, 1.165) is 11.1 Å². The summed E-state index contributed by atoms with van der Waals surface area (Å²) in [6.45, 7) is 1.97. The first-order valence-electron chi connectivity index (χ1n) is 5.94. The number of hydrogen-bond acceptors (Lipinski definition) is 4. The number of aryl methyl sites for hydroxylation is 1. The van der Waals surface area contributed by atoms with Crippen LogP contribution in [0.15, 0.2) is 30.5 Å². The lowest BCUT2D eigenvalue weighted by molar-refractivity contribution is -0.137. The van der Waals surface area contributed by atoms with Gasteiger partial charge in [0.25, 0.3) is 0 Å². The largest absolute Gasteiger partial charge is 0.443 e. The van der Waals surface area contributed by atoms with Crippen LogP contribution in [-0.4, -0.2) is 4.98 Å². The fourth-order valence-corrected chi connectivity index (χ4v) is 2.62. The third kappa shape index (κ3) is 3.56. The lowest BCUT2D eigenvalue weighted by atomic mass is 10.0. The molecular formula is C13H14F3N3S. The standard InChI is InChI=1S/C13H14F3N3S/c1-8-2-4-9(5-3-8)6-10(19-17)11-7-18-12(20-11)13(14,15)16/h2-5,7,10,19H,6,17H2,1H3. The highest BCUT2D eigenvalue weighted by molar-refractivity contribution is 7.11. The molecule has 2 rings (SSSR count). The minimum atomic E-state index is -4.41. The van der Waals surface area contributed by atoms with E-state index in [1.165, 1.54) is 6.20 Å². The first kappa shape index (κ1) is 15.0. The quantitative estimate of drug-likeness (QED) is 0.673. The monoisotopic (exact) mass is 301 g/mol. The molecule has 1 unspecified atom stereocenters. The number of nitrogens with one attached hydrogen (secondary N) is 1. The van der Waals surface area contributed by atoms with Gasteiger partial charge in [-0.05, 0) is 18.9 Å². The maximum atomic E-state index is 12.5. The number of hydrogen-bond donors (Lipinski definition) is 2. The van der Waals surface area contributed by atoms with E-state index in [-0.39, 0.29) is 6.04 Å². The number of benzene rings is 1. The van der Waals surface area contributed by atoms with Gasteiger partial charge in [-0.1, -0.05) is 29.8 Å². The Kier molecular flexibility index (Phi) is 4.42. The van der Waals surface area contributed by atoms with Crippen molar-refractivity contribution < 1.29 is 13.2 Å². The fourth-order valence-electron chi connectivity index (χ4n) is 1.78. The Morgan fingerprint density at radius 2 is 1.95 bits per heavy atom. The maximum Gasteiger partial charge on any atom is 0.443 e. The summed E-state index contributed by atoms with van der Waals surface area (Å²) >= 11 is 0.616. The molecule has 7 heteroatoms. The van der Waals surface area contributed by atoms with Crippen LogP contribution in [0.1, 0.15) is 27.1 Å². The number of nitrogens with zero attached hydrogens (tertiary/aromatic N) is 1. The van der Waals surface area contributed by atoms with Crippen molar-refractivity contribution in [1.29, 1.82) is 0 Å². The van der Waals surface area contributed by atoms with Crippen LogP contribution in [0.3, 0.4) is 0 Å². The third-order valence-corrected chi connectivity index (χ3v) is 4.03. The van der Waals surface area contributed by atoms with Gasteiger partial charge in [0.2, 0.25) is 0 Å². The number of hydrazine groups is 1. The van der Waals surface area contributed by atoms with E-state index in [1.54, 1.807) is 0 Å². The van der Waals surface area contributed by atoms with Gasteiger partial charge in [-0.2, -0.15) is 13.2 Å². The lowest BCUT2D eigenvalue weighted by Gasteiger charge is -2.13. The molecule has 0 aliphatic carbocycles. The molecule has 3 N–H and O–H groups in total. The van der Waals surface area contributed by atoms with Crippen LogP contribution < -0.4 is 11.3 Å². The third-order valence-electron chi connectivity index (χ3n) is 2.87. The Bertz CT molecular complexity index is 563. The molecule has 2 aromatic rings. The summed E-state index contributed by atoms with van der Waals surface area (Å²) in [5.41, 5.74) is 4.68. The van der Waals surface area contributed by atoms with Gasteiger partial charge in [0.15, 0.2) is 5.01 Å². The zero-order valence-electron chi connectivity index (χ0n) is 10.7. The minimum absolute atomic E-state index is 0.383. The Morgan fingerprint density at radius 3 is 2.45 bits per heavy atom. The molecule has 0 bridgehead atoms. The second kappa shape index (κ2) is 5.90. The van der Waals surface area contributed by atoms with E-state index in [2.05, 4.69) is 10.4 Å². The Labute approximate surface area is 118 Å². The summed E-state index contributed by atoms with van der Waals surface area (Å²) in [5, 5.41) is -0.850. The molecule has 0 radical (unpaired) electrons. The Morgan fingerprint density at radius 1 is 1.30 bits per heavy atom. The number of rotatable bonds is 4. The molecule has 1 aromatic heterocycles. The van der Waals surface area contributed by atoms with Gasteiger partial charge in [-0.15, -0.1) is 11.3 Å². The first-order chi connectivity index (χ1) is 9.40. The molecule has 0 saturated heterocycles. The van der Waals surface area contributed by atoms with Crippen LogP contribution in [0.4, 0.5) is 13.2 Å². The van der Waals surface area contributed by atoms with Crippen molar-refractivity contribution in [3.8, 4) is 0 Å². The summed E-state index contributed by atoms with van der Waals surface area (Å²) in [7, 11) is 0. The van der Waals surface area contributed by atoms with Crippen molar-refractivity contribution >= 4 is 11.3 Å². The fraction of sp³-hybridized carbons (Fsp3) is 0.308. The summed E-state index contributed by atoms with van der Waals surface area (Å²) in [5.74, 6) is 5.45. The molecule has 1 aromatic carbocycles. The van der Waals surface area contributed by atoms with Crippen LogP contribution in [0, 0.1) is 6.92 Å². The molecule has 1 atom stereocenters. The number of thiazole rings is 1. The average Bonchev–Trinajstić information content (AvgIpc) is 2.87. The van der Waals surface area contributed by atoms with E-state index in [0.29, 0.717) is 22.6 Å². The van der Waals surface area contributed by atoms with Crippen molar-refractivity contribution in [2.45, 2.75) is 25.6 Å². The van der Waals surface area contributed by atoms with Crippen LogP contribution in [0.5, 0.6) is 0 Å². The zero-order chi connectivity index (χ0) is 14.8. The predicted octanol–water partition coefficient (Wildman–Crippen LogP) is 3.22. The Balaban J connectivity index is 2.16. The average molecular weight is 301 g/mol. The highest BCUT2D eigenvalue weighted by atomic mass is 32.1. The minimum Gasteiger partial charge on any atom is -0.271 e. The van der Waals surface area contributed by atoms with E-state index in [1.807, 2.05) is 31.2 Å². The van der Waals surface area contributed by atoms with E-state index in [4.69, 9.17) is 5.84 Å². The van der Waals surface area contributed by atoms with Crippen LogP contribution >= 0.6 is 11.3 Å². The highest BCUT2D eigenvalue weighted by Gasteiger charge is 2.35. The van der Waals surface area contributed by atoms with Gasteiger partial charge in [0, 0.05) is 11.1 Å². The van der Waals surface area contributed by atoms with Crippen LogP contribution in [0.2, 0.25) is 0 Å². The second-order valence-electron chi connectivity index (χ2n) is 4.47. The maximum absolute atomic E-state index is 12.5. The SMILES string of the molecule is Cc1ccc(CC(NN)c2cnc(C(F)(F)F)s2)cc1. The van der Waals surface area contributed by atoms with Gasteiger partial charge in [0.05, 0.1) is 6.04 Å². The molecule has 0 saturated carbocycles. The van der Waals surface area contributed by atoms with Crippen molar-refractivity contribution in [3.63, 3.8) is 0 Å². The zero-order valence-corrected chi connectivity index (χ0v) is 11.6. The van der Waals surface area contributed by atoms with E-state index < -0.39 is 11.2 Å². The molecular weight excluding hydrogens is 287 g/mol. The summed E-state index contributed by atoms with van der Waals surface area (Å²) in [6, 6.07) is 7.40. The van der Waals surface area contributed by atoms with Crippen molar-refractivity contribution in [2.24, 2.45) is 5.84 Å². The Hall–Kier alpha value is -1.44. The first-order valence-corrected chi connectivity index (χ1v) is 6.76. The smallest absolute Gasteiger partial charge is 0.271 e. The topological polar surface area (TPSA) is 50.9 Å². The van der Waals surface area contributed by atoms with Crippen molar-refractivity contribution in [2.75, 3.05) is 0 Å². The number of nitrogens with two attached hydrogens (primary N) is 1. The van der Waals surface area contributed by atoms with Gasteiger partial charge in [-0.3, -0.25) is 11.3 Å². The van der Waals surface area contributed by atoms with E-state index in [9.17, 15) is 13.2 Å². The predicted molar refractivity (Wildman–Crippen MR) is 72.1 cm³/mol. The molecule has 0 aliphatic heterocycles. The summed E-state index contributed by atoms with van der Waals surface area (Å²) < 4.78 is 37.6. The van der Waals surface area contributed by atoms with E-state index >= 15 is 0 Å².